The van der Waals surface area contributed by atoms with Gasteiger partial charge in [-0.1, -0.05) is 7.43 Å². The maximum atomic E-state index is 8.81. The van der Waals surface area contributed by atoms with Gasteiger partial charge >= 0.3 is 0 Å². The van der Waals surface area contributed by atoms with Crippen LogP contribution in [-0.4, -0.2) is 34.5 Å². The lowest BCUT2D eigenvalue weighted by Gasteiger charge is -2.19. The van der Waals surface area contributed by atoms with Gasteiger partial charge in [-0.05, 0) is 41.5 Å². The van der Waals surface area contributed by atoms with Crippen molar-refractivity contribution >= 4 is 19.4 Å². The van der Waals surface area contributed by atoms with E-state index in [1.165, 1.54) is 0 Å². The van der Waals surface area contributed by atoms with E-state index >= 15 is 0 Å². The van der Waals surface area contributed by atoms with Gasteiger partial charge in [-0.3, -0.25) is 9.59 Å². The van der Waals surface area contributed by atoms with Crippen LogP contribution in [-0.2, 0) is 19.9 Å². The summed E-state index contributed by atoms with van der Waals surface area (Å²) < 4.78 is 2.08. The Kier molecular flexibility index (Phi) is 19.1. The van der Waals surface area contributed by atoms with Gasteiger partial charge in [0.15, 0.2) is 12.6 Å². The molecule has 1 aromatic heterocycles. The summed E-state index contributed by atoms with van der Waals surface area (Å²) in [5.74, 6) is 0. The largest absolute Gasteiger partial charge is 0.332 e. The van der Waals surface area contributed by atoms with Gasteiger partial charge in [0.05, 0.1) is 6.33 Å². The Morgan fingerprint density at radius 1 is 1.05 bits per heavy atom. The van der Waals surface area contributed by atoms with Gasteiger partial charge in [-0.15, -0.1) is 0 Å². The molecule has 0 fully saturated rings. The molecule has 0 radical (unpaired) electrons. The van der Waals surface area contributed by atoms with Crippen molar-refractivity contribution in [1.82, 2.24) is 9.55 Å². The Labute approximate surface area is 128 Å². The topological polar surface area (TPSA) is 95.1 Å². The molecule has 0 atom stereocenters. The molecule has 0 aromatic carbocycles. The van der Waals surface area contributed by atoms with Crippen molar-refractivity contribution in [1.29, 1.82) is 0 Å². The van der Waals surface area contributed by atoms with E-state index in [4.69, 9.17) is 20.1 Å². The molecule has 6 nitrogen and oxygen atoms in total. The molecular formula is C15H31N3O3. The second-order valence-electron chi connectivity index (χ2n) is 5.78. The number of nitrogens with zero attached hydrogens (tertiary/aromatic N) is 2. The van der Waals surface area contributed by atoms with Crippen LogP contribution in [0.25, 0.3) is 0 Å². The fourth-order valence-electron chi connectivity index (χ4n) is 0.656. The first-order chi connectivity index (χ1) is 9.02. The number of rotatable bonds is 1. The van der Waals surface area contributed by atoms with E-state index < -0.39 is 0 Å². The van der Waals surface area contributed by atoms with Crippen molar-refractivity contribution in [3.63, 3.8) is 0 Å². The van der Waals surface area contributed by atoms with Gasteiger partial charge in [-0.25, -0.2) is 4.98 Å². The van der Waals surface area contributed by atoms with Gasteiger partial charge in [0.25, 0.3) is 0 Å². The molecule has 0 bridgehead atoms. The standard InChI is InChI=1S/C7H12N2.C4H11N.C2H2O2.CH2O.CH4/c1-7(2,3)9-5-4-8-6-9;1-4(2,3)5;3-1-2-4;1-2;/h4-6H,1-3H3;5H2,1-3H3;1-2H;1H2;1H4. The molecule has 0 spiro atoms. The third-order valence-electron chi connectivity index (χ3n) is 1.33. The zero-order valence-electron chi connectivity index (χ0n) is 13.3. The Morgan fingerprint density at radius 3 is 1.48 bits per heavy atom. The molecule has 21 heavy (non-hydrogen) atoms. The quantitative estimate of drug-likeness (QED) is 0.634. The second kappa shape index (κ2) is 14.6. The summed E-state index contributed by atoms with van der Waals surface area (Å²) in [6.45, 7) is 14.3. The SMILES string of the molecule is C.C=O.CC(C)(C)N.CC(C)(C)n1ccnc1.O=CC=O. The number of carbonyl (C=O) groups excluding carboxylic acids is 3. The summed E-state index contributed by atoms with van der Waals surface area (Å²) in [5, 5.41) is 0. The molecular weight excluding hydrogens is 270 g/mol. The number of hydrogen-bond acceptors (Lipinski definition) is 5. The van der Waals surface area contributed by atoms with E-state index in [0.29, 0.717) is 0 Å². The highest BCUT2D eigenvalue weighted by Crippen LogP contribution is 2.11. The number of hydrogen-bond donors (Lipinski definition) is 1. The summed E-state index contributed by atoms with van der Waals surface area (Å²) in [7, 11) is 0. The van der Waals surface area contributed by atoms with Crippen LogP contribution in [0.4, 0.5) is 0 Å². The molecule has 1 heterocycles. The first kappa shape index (κ1) is 27.5. The van der Waals surface area contributed by atoms with Crippen molar-refractivity contribution in [3.8, 4) is 0 Å². The Bertz CT molecular complexity index is 324. The van der Waals surface area contributed by atoms with Crippen molar-refractivity contribution in [3.05, 3.63) is 18.7 Å². The van der Waals surface area contributed by atoms with Crippen LogP contribution in [0.1, 0.15) is 49.0 Å². The van der Waals surface area contributed by atoms with E-state index in [-0.39, 0.29) is 31.1 Å². The monoisotopic (exact) mass is 301 g/mol. The van der Waals surface area contributed by atoms with Crippen molar-refractivity contribution < 1.29 is 14.4 Å². The minimum absolute atomic E-state index is 0. The highest BCUT2D eigenvalue weighted by molar-refractivity contribution is 6.09. The molecule has 6 heteroatoms. The van der Waals surface area contributed by atoms with Crippen LogP contribution in [0.2, 0.25) is 0 Å². The van der Waals surface area contributed by atoms with E-state index in [1.54, 1.807) is 6.20 Å². The van der Waals surface area contributed by atoms with Gasteiger partial charge in [0, 0.05) is 23.5 Å². The van der Waals surface area contributed by atoms with Crippen LogP contribution in [0.3, 0.4) is 0 Å². The zero-order valence-corrected chi connectivity index (χ0v) is 13.3. The summed E-state index contributed by atoms with van der Waals surface area (Å²) in [6, 6.07) is 0. The third kappa shape index (κ3) is 32.1. The first-order valence-corrected chi connectivity index (χ1v) is 5.97. The molecule has 2 N–H and O–H groups in total. The predicted molar refractivity (Wildman–Crippen MR) is 87.1 cm³/mol. The molecule has 0 aliphatic carbocycles. The maximum Gasteiger partial charge on any atom is 0.182 e. The highest BCUT2D eigenvalue weighted by atomic mass is 16.2. The Balaban J connectivity index is -0.000000104. The van der Waals surface area contributed by atoms with Crippen LogP contribution in [0.5, 0.6) is 0 Å². The number of nitrogens with two attached hydrogens (primary N) is 1. The Hall–Kier alpha value is -1.82. The number of aromatic nitrogens is 2. The molecule has 0 aliphatic heterocycles. The number of carbonyl (C=O) groups is 3. The van der Waals surface area contributed by atoms with Crippen molar-refractivity contribution in [2.45, 2.75) is 60.0 Å². The molecule has 0 unspecified atom stereocenters. The van der Waals surface area contributed by atoms with Crippen LogP contribution in [0.15, 0.2) is 18.7 Å². The van der Waals surface area contributed by atoms with E-state index in [9.17, 15) is 0 Å². The van der Waals surface area contributed by atoms with Crippen LogP contribution in [0, 0.1) is 0 Å². The predicted octanol–water partition coefficient (Wildman–Crippen LogP) is 2.22. The normalized spacial score (nSPS) is 9.10. The average Bonchev–Trinajstić information content (AvgIpc) is 2.83. The van der Waals surface area contributed by atoms with Gasteiger partial charge in [0.2, 0.25) is 0 Å². The summed E-state index contributed by atoms with van der Waals surface area (Å²) in [5.41, 5.74) is 5.53. The highest BCUT2D eigenvalue weighted by Gasteiger charge is 2.09. The van der Waals surface area contributed by atoms with E-state index in [0.717, 1.165) is 0 Å². The molecule has 124 valence electrons. The third-order valence-corrected chi connectivity index (χ3v) is 1.33. The lowest BCUT2D eigenvalue weighted by atomic mass is 10.1. The number of aldehydes is 2. The van der Waals surface area contributed by atoms with Crippen molar-refractivity contribution in [2.24, 2.45) is 5.73 Å². The molecule has 1 aromatic rings. The van der Waals surface area contributed by atoms with E-state index in [2.05, 4.69) is 30.3 Å². The Morgan fingerprint density at radius 2 is 1.38 bits per heavy atom. The summed E-state index contributed by atoms with van der Waals surface area (Å²) >= 11 is 0. The lowest BCUT2D eigenvalue weighted by molar-refractivity contribution is -0.122. The molecule has 0 aliphatic rings. The minimum atomic E-state index is 0. The molecule has 0 amide bonds. The summed E-state index contributed by atoms with van der Waals surface area (Å²) in [4.78, 5) is 29.6. The molecule has 0 saturated heterocycles. The van der Waals surface area contributed by atoms with Crippen LogP contribution >= 0.6 is 0 Å². The van der Waals surface area contributed by atoms with E-state index in [1.807, 2.05) is 40.1 Å². The van der Waals surface area contributed by atoms with Gasteiger partial charge < -0.3 is 15.1 Å². The first-order valence-electron chi connectivity index (χ1n) is 5.97. The van der Waals surface area contributed by atoms with Crippen LogP contribution < -0.4 is 5.73 Å². The zero-order chi connectivity index (χ0) is 16.8. The maximum absolute atomic E-state index is 8.81. The smallest absolute Gasteiger partial charge is 0.182 e. The molecule has 1 rings (SSSR count). The second-order valence-corrected chi connectivity index (χ2v) is 5.78. The fraction of sp³-hybridized carbons (Fsp3) is 0.600. The number of imidazole rings is 1. The molecule has 0 saturated carbocycles. The van der Waals surface area contributed by atoms with Gasteiger partial charge in [0.1, 0.15) is 6.79 Å². The minimum Gasteiger partial charge on any atom is -0.332 e. The fourth-order valence-corrected chi connectivity index (χ4v) is 0.656. The average molecular weight is 301 g/mol. The van der Waals surface area contributed by atoms with Gasteiger partial charge in [-0.2, -0.15) is 0 Å². The van der Waals surface area contributed by atoms with Crippen molar-refractivity contribution in [2.75, 3.05) is 0 Å². The lowest BCUT2D eigenvalue weighted by Crippen LogP contribution is -2.26. The summed E-state index contributed by atoms with van der Waals surface area (Å²) in [6.07, 6.45) is 5.99.